The Balaban J connectivity index is 1.85. The van der Waals surface area contributed by atoms with E-state index in [2.05, 4.69) is 47.6 Å². The molecule has 0 saturated heterocycles. The largest absolute Gasteiger partial charge is 0.466 e. The second-order valence-corrected chi connectivity index (χ2v) is 11.3. The van der Waals surface area contributed by atoms with E-state index in [9.17, 15) is 4.79 Å². The van der Waals surface area contributed by atoms with Crippen LogP contribution in [0.15, 0.2) is 23.3 Å². The lowest BCUT2D eigenvalue weighted by Gasteiger charge is -2.65. The highest BCUT2D eigenvalue weighted by Gasteiger charge is 2.60. The monoisotopic (exact) mass is 386 g/mol. The maximum Gasteiger partial charge on any atom is 0.330 e. The van der Waals surface area contributed by atoms with Gasteiger partial charge in [0.05, 0.1) is 7.11 Å². The fourth-order valence-corrected chi connectivity index (χ4v) is 7.87. The molecule has 0 bridgehead atoms. The van der Waals surface area contributed by atoms with Gasteiger partial charge in [-0.3, -0.25) is 0 Å². The third-order valence-corrected chi connectivity index (χ3v) is 9.25. The lowest BCUT2D eigenvalue weighted by Crippen LogP contribution is -2.57. The van der Waals surface area contributed by atoms with Crippen LogP contribution < -0.4 is 0 Å². The molecule has 0 N–H and O–H groups in total. The van der Waals surface area contributed by atoms with Crippen molar-refractivity contribution in [2.24, 2.45) is 34.0 Å². The first-order valence-corrected chi connectivity index (χ1v) is 11.5. The maximum absolute atomic E-state index is 11.6. The Bertz CT molecular complexity index is 670. The highest BCUT2D eigenvalue weighted by atomic mass is 16.5. The van der Waals surface area contributed by atoms with Gasteiger partial charge in [0, 0.05) is 6.08 Å². The highest BCUT2D eigenvalue weighted by molar-refractivity contribution is 5.82. The Hall–Kier alpha value is -1.05. The van der Waals surface area contributed by atoms with Crippen molar-refractivity contribution in [3.8, 4) is 0 Å². The Morgan fingerprint density at radius 1 is 1.14 bits per heavy atom. The van der Waals surface area contributed by atoms with Crippen LogP contribution in [-0.4, -0.2) is 13.1 Å². The number of fused-ring (bicyclic) bond motifs is 3. The number of carbonyl (C=O) groups is 1. The topological polar surface area (TPSA) is 26.3 Å². The third-order valence-electron chi connectivity index (χ3n) is 9.25. The van der Waals surface area contributed by atoms with Gasteiger partial charge in [-0.05, 0) is 92.8 Å². The second-order valence-electron chi connectivity index (χ2n) is 11.3. The van der Waals surface area contributed by atoms with E-state index in [1.54, 1.807) is 11.6 Å². The van der Waals surface area contributed by atoms with Crippen LogP contribution in [0.4, 0.5) is 0 Å². The number of ether oxygens (including phenoxy) is 1. The molecule has 3 aliphatic rings. The summed E-state index contributed by atoms with van der Waals surface area (Å²) in [5.74, 6) is 2.06. The van der Waals surface area contributed by atoms with Gasteiger partial charge in [0.25, 0.3) is 0 Å². The van der Waals surface area contributed by atoms with Crippen molar-refractivity contribution in [1.82, 2.24) is 0 Å². The van der Waals surface area contributed by atoms with Crippen LogP contribution in [0.1, 0.15) is 92.9 Å². The lowest BCUT2D eigenvalue weighted by atomic mass is 9.39. The van der Waals surface area contributed by atoms with Gasteiger partial charge < -0.3 is 4.74 Å². The van der Waals surface area contributed by atoms with E-state index < -0.39 is 0 Å². The maximum atomic E-state index is 11.6. The molecule has 0 aromatic carbocycles. The first kappa shape index (κ1) is 21.7. The number of esters is 1. The summed E-state index contributed by atoms with van der Waals surface area (Å²) < 4.78 is 4.80. The van der Waals surface area contributed by atoms with Crippen LogP contribution in [-0.2, 0) is 9.53 Å². The minimum Gasteiger partial charge on any atom is -0.466 e. The van der Waals surface area contributed by atoms with Crippen molar-refractivity contribution >= 4 is 5.97 Å². The molecule has 158 valence electrons. The summed E-state index contributed by atoms with van der Waals surface area (Å²) >= 11 is 0. The van der Waals surface area contributed by atoms with E-state index >= 15 is 0 Å². The summed E-state index contributed by atoms with van der Waals surface area (Å²) in [7, 11) is 1.45. The molecular weight excluding hydrogens is 344 g/mol. The van der Waals surface area contributed by atoms with E-state index in [0.717, 1.165) is 30.3 Å². The van der Waals surface area contributed by atoms with Crippen LogP contribution in [0.3, 0.4) is 0 Å². The number of carbonyl (C=O) groups excluding carboxylic acids is 1. The van der Waals surface area contributed by atoms with E-state index in [-0.39, 0.29) is 5.97 Å². The van der Waals surface area contributed by atoms with Crippen molar-refractivity contribution in [1.29, 1.82) is 0 Å². The van der Waals surface area contributed by atoms with Crippen LogP contribution in [0, 0.1) is 34.0 Å². The van der Waals surface area contributed by atoms with Crippen molar-refractivity contribution in [2.75, 3.05) is 7.11 Å². The van der Waals surface area contributed by atoms with E-state index in [0.29, 0.717) is 22.2 Å². The predicted octanol–water partition coefficient (Wildman–Crippen LogP) is 7.10. The summed E-state index contributed by atoms with van der Waals surface area (Å²) in [6.45, 7) is 14.7. The van der Waals surface area contributed by atoms with Crippen molar-refractivity contribution in [3.63, 3.8) is 0 Å². The Morgan fingerprint density at radius 2 is 1.86 bits per heavy atom. The molecule has 2 heteroatoms. The van der Waals surface area contributed by atoms with Crippen molar-refractivity contribution < 1.29 is 9.53 Å². The van der Waals surface area contributed by atoms with Crippen LogP contribution in [0.2, 0.25) is 0 Å². The lowest BCUT2D eigenvalue weighted by molar-refractivity contribution is -0.145. The van der Waals surface area contributed by atoms with Crippen molar-refractivity contribution in [2.45, 2.75) is 92.9 Å². The molecule has 0 aliphatic heterocycles. The molecule has 0 spiro atoms. The van der Waals surface area contributed by atoms with Gasteiger partial charge >= 0.3 is 5.97 Å². The standard InChI is InChI=1S/C26H42O2/c1-18(17-23(27)28-7)9-11-20-19(2)10-12-22-25(20,5)16-13-21-24(3,4)14-8-15-26(21,22)6/h10,17,20-22H,8-9,11-16H2,1-7H3/b18-17+/t20-,21?,22-,25-,26-/m0/s1. The SMILES string of the molecule is COC(=O)/C=C(\C)CC[C@H]1C(C)=CC[C@H]2[C@@]1(C)CCC1C(C)(C)CCC[C@@]12C. The zero-order chi connectivity index (χ0) is 20.7. The zero-order valence-corrected chi connectivity index (χ0v) is 19.4. The van der Waals surface area contributed by atoms with Gasteiger partial charge in [-0.1, -0.05) is 51.3 Å². The van der Waals surface area contributed by atoms with Crippen LogP contribution in [0.5, 0.6) is 0 Å². The molecule has 0 heterocycles. The summed E-state index contributed by atoms with van der Waals surface area (Å²) in [6, 6.07) is 0. The quantitative estimate of drug-likeness (QED) is 0.292. The van der Waals surface area contributed by atoms with Crippen molar-refractivity contribution in [3.05, 3.63) is 23.3 Å². The molecule has 28 heavy (non-hydrogen) atoms. The molecule has 0 radical (unpaired) electrons. The summed E-state index contributed by atoms with van der Waals surface area (Å²) in [5.41, 5.74) is 4.08. The predicted molar refractivity (Wildman–Crippen MR) is 117 cm³/mol. The summed E-state index contributed by atoms with van der Waals surface area (Å²) in [4.78, 5) is 11.6. The molecule has 3 aliphatic carbocycles. The fraction of sp³-hybridized carbons (Fsp3) is 0.808. The average molecular weight is 387 g/mol. The van der Waals surface area contributed by atoms with Gasteiger partial charge in [-0.25, -0.2) is 4.79 Å². The zero-order valence-electron chi connectivity index (χ0n) is 19.4. The number of rotatable bonds is 4. The Morgan fingerprint density at radius 3 is 2.54 bits per heavy atom. The molecule has 5 atom stereocenters. The average Bonchev–Trinajstić information content (AvgIpc) is 2.59. The minimum atomic E-state index is -0.227. The molecule has 1 unspecified atom stereocenters. The molecule has 0 amide bonds. The van der Waals surface area contributed by atoms with Crippen LogP contribution in [0.25, 0.3) is 0 Å². The molecule has 0 aromatic heterocycles. The first-order valence-electron chi connectivity index (χ1n) is 11.5. The van der Waals surface area contributed by atoms with Gasteiger partial charge in [0.15, 0.2) is 0 Å². The molecular formula is C26H42O2. The van der Waals surface area contributed by atoms with Gasteiger partial charge in [-0.2, -0.15) is 0 Å². The van der Waals surface area contributed by atoms with E-state index in [1.165, 1.54) is 45.6 Å². The number of methoxy groups -OCH3 is 1. The van der Waals surface area contributed by atoms with Gasteiger partial charge in [0.1, 0.15) is 0 Å². The van der Waals surface area contributed by atoms with Crippen LogP contribution >= 0.6 is 0 Å². The Labute approximate surface area is 173 Å². The molecule has 2 fully saturated rings. The smallest absolute Gasteiger partial charge is 0.330 e. The molecule has 2 saturated carbocycles. The van der Waals surface area contributed by atoms with Gasteiger partial charge in [0.2, 0.25) is 0 Å². The molecule has 3 rings (SSSR count). The molecule has 0 aromatic rings. The van der Waals surface area contributed by atoms with E-state index in [4.69, 9.17) is 4.74 Å². The first-order chi connectivity index (χ1) is 13.0. The fourth-order valence-electron chi connectivity index (χ4n) is 7.87. The van der Waals surface area contributed by atoms with Gasteiger partial charge in [-0.15, -0.1) is 0 Å². The molecule has 2 nitrogen and oxygen atoms in total. The van der Waals surface area contributed by atoms with E-state index in [1.807, 2.05) is 0 Å². The Kier molecular flexibility index (Phi) is 5.92. The summed E-state index contributed by atoms with van der Waals surface area (Å²) in [6.07, 6.45) is 14.6. The summed E-state index contributed by atoms with van der Waals surface area (Å²) in [5, 5.41) is 0. The minimum absolute atomic E-state index is 0.227. The third kappa shape index (κ3) is 3.61. The number of hydrogen-bond donors (Lipinski definition) is 0. The number of allylic oxidation sites excluding steroid dienone is 3. The number of hydrogen-bond acceptors (Lipinski definition) is 2. The normalized spacial score (nSPS) is 40.2. The highest BCUT2D eigenvalue weighted by Crippen LogP contribution is 2.68. The second kappa shape index (κ2) is 7.65.